The van der Waals surface area contributed by atoms with Crippen molar-refractivity contribution in [1.82, 2.24) is 20.1 Å². The van der Waals surface area contributed by atoms with Gasteiger partial charge in [-0.2, -0.15) is 0 Å². The van der Waals surface area contributed by atoms with Gasteiger partial charge in [-0.3, -0.25) is 4.98 Å². The van der Waals surface area contributed by atoms with Crippen LogP contribution in [0.25, 0.3) is 0 Å². The second-order valence-corrected chi connectivity index (χ2v) is 7.46. The van der Waals surface area contributed by atoms with Gasteiger partial charge in [-0.15, -0.1) is 0 Å². The number of hydrogen-bond acceptors (Lipinski definition) is 4. The third-order valence-corrected chi connectivity index (χ3v) is 5.47. The minimum atomic E-state index is 0.0864. The minimum absolute atomic E-state index is 0.0864. The van der Waals surface area contributed by atoms with Gasteiger partial charge >= 0.3 is 6.03 Å². The summed E-state index contributed by atoms with van der Waals surface area (Å²) in [6.07, 6.45) is 9.04. The van der Waals surface area contributed by atoms with Crippen molar-refractivity contribution in [2.45, 2.75) is 45.1 Å². The van der Waals surface area contributed by atoms with Crippen LogP contribution in [-0.2, 0) is 0 Å². The van der Waals surface area contributed by atoms with Crippen molar-refractivity contribution in [3.8, 4) is 5.75 Å². The number of nitrogens with zero attached hydrogens (tertiary/aromatic N) is 3. The summed E-state index contributed by atoms with van der Waals surface area (Å²) in [6.45, 7) is 8.12. The van der Waals surface area contributed by atoms with E-state index in [0.717, 1.165) is 38.2 Å². The Morgan fingerprint density at radius 2 is 1.85 bits per heavy atom. The molecule has 0 unspecified atom stereocenters. The van der Waals surface area contributed by atoms with Crippen LogP contribution in [0.2, 0.25) is 0 Å². The molecule has 26 heavy (non-hydrogen) atoms. The molecule has 0 aromatic carbocycles. The summed E-state index contributed by atoms with van der Waals surface area (Å²) >= 11 is 0. The molecule has 2 fully saturated rings. The maximum absolute atomic E-state index is 12.4. The number of aromatic nitrogens is 1. The standard InChI is InChI=1S/C20H32N4O2/c1-2-11-23-12-5-17(6-13-23)16-22-20(25)24-14-7-19(8-15-24)26-18-3-9-21-10-4-18/h3-4,9-10,17,19H,2,5-8,11-16H2,1H3,(H,22,25). The van der Waals surface area contributed by atoms with Gasteiger partial charge in [-0.1, -0.05) is 6.92 Å². The van der Waals surface area contributed by atoms with E-state index in [-0.39, 0.29) is 12.1 Å². The Labute approximate surface area is 156 Å². The molecule has 2 amide bonds. The van der Waals surface area contributed by atoms with Gasteiger partial charge in [0.05, 0.1) is 0 Å². The van der Waals surface area contributed by atoms with Gasteiger partial charge in [0, 0.05) is 44.9 Å². The largest absolute Gasteiger partial charge is 0.490 e. The minimum Gasteiger partial charge on any atom is -0.490 e. The van der Waals surface area contributed by atoms with E-state index in [4.69, 9.17) is 4.74 Å². The molecule has 0 atom stereocenters. The molecular weight excluding hydrogens is 328 g/mol. The lowest BCUT2D eigenvalue weighted by Crippen LogP contribution is -2.48. The van der Waals surface area contributed by atoms with Crippen molar-refractivity contribution in [2.75, 3.05) is 39.3 Å². The highest BCUT2D eigenvalue weighted by atomic mass is 16.5. The predicted octanol–water partition coefficient (Wildman–Crippen LogP) is 2.76. The molecule has 0 saturated carbocycles. The van der Waals surface area contributed by atoms with Crippen LogP contribution in [0.5, 0.6) is 5.75 Å². The van der Waals surface area contributed by atoms with Crippen molar-refractivity contribution < 1.29 is 9.53 Å². The highest BCUT2D eigenvalue weighted by Crippen LogP contribution is 2.19. The molecule has 6 heteroatoms. The quantitative estimate of drug-likeness (QED) is 0.847. The second-order valence-electron chi connectivity index (χ2n) is 7.46. The fourth-order valence-corrected chi connectivity index (χ4v) is 3.86. The Balaban J connectivity index is 1.32. The maximum Gasteiger partial charge on any atom is 0.317 e. The molecule has 1 aromatic heterocycles. The van der Waals surface area contributed by atoms with Crippen LogP contribution < -0.4 is 10.1 Å². The van der Waals surface area contributed by atoms with Crippen LogP contribution in [0.3, 0.4) is 0 Å². The molecule has 1 N–H and O–H groups in total. The third kappa shape index (κ3) is 5.59. The predicted molar refractivity (Wildman–Crippen MR) is 102 cm³/mol. The third-order valence-electron chi connectivity index (χ3n) is 5.47. The zero-order valence-electron chi connectivity index (χ0n) is 15.9. The Morgan fingerprint density at radius 3 is 2.50 bits per heavy atom. The number of amides is 2. The number of urea groups is 1. The molecule has 0 spiro atoms. The van der Waals surface area contributed by atoms with Gasteiger partial charge in [0.1, 0.15) is 11.9 Å². The molecule has 6 nitrogen and oxygen atoms in total. The zero-order chi connectivity index (χ0) is 18.2. The maximum atomic E-state index is 12.4. The number of nitrogens with one attached hydrogen (secondary N) is 1. The lowest BCUT2D eigenvalue weighted by Gasteiger charge is -2.34. The Morgan fingerprint density at radius 1 is 1.15 bits per heavy atom. The van der Waals surface area contributed by atoms with E-state index in [9.17, 15) is 4.79 Å². The van der Waals surface area contributed by atoms with Crippen molar-refractivity contribution in [1.29, 1.82) is 0 Å². The summed E-state index contributed by atoms with van der Waals surface area (Å²) in [6, 6.07) is 3.85. The van der Waals surface area contributed by atoms with E-state index >= 15 is 0 Å². The average molecular weight is 361 g/mol. The first-order chi connectivity index (χ1) is 12.7. The summed E-state index contributed by atoms with van der Waals surface area (Å²) in [7, 11) is 0. The number of ether oxygens (including phenoxy) is 1. The summed E-state index contributed by atoms with van der Waals surface area (Å²) in [5.74, 6) is 1.48. The van der Waals surface area contributed by atoms with Crippen LogP contribution in [-0.4, -0.2) is 66.2 Å². The first-order valence-electron chi connectivity index (χ1n) is 10.1. The number of piperidine rings is 2. The first-order valence-corrected chi connectivity index (χ1v) is 10.1. The number of likely N-dealkylation sites (tertiary alicyclic amines) is 2. The van der Waals surface area contributed by atoms with E-state index in [0.29, 0.717) is 5.92 Å². The van der Waals surface area contributed by atoms with E-state index in [1.54, 1.807) is 12.4 Å². The average Bonchev–Trinajstić information content (AvgIpc) is 2.69. The molecule has 2 aliphatic heterocycles. The number of hydrogen-bond donors (Lipinski definition) is 1. The van der Waals surface area contributed by atoms with Crippen molar-refractivity contribution in [3.05, 3.63) is 24.5 Å². The van der Waals surface area contributed by atoms with Gasteiger partial charge in [-0.25, -0.2) is 4.79 Å². The number of rotatable bonds is 6. The Bertz CT molecular complexity index is 538. The highest BCUT2D eigenvalue weighted by molar-refractivity contribution is 5.74. The number of carbonyl (C=O) groups excluding carboxylic acids is 1. The normalized spacial score (nSPS) is 20.1. The molecule has 0 radical (unpaired) electrons. The topological polar surface area (TPSA) is 57.7 Å². The van der Waals surface area contributed by atoms with E-state index in [1.807, 2.05) is 17.0 Å². The molecule has 3 heterocycles. The molecule has 0 bridgehead atoms. The molecule has 1 aromatic rings. The van der Waals surface area contributed by atoms with Crippen LogP contribution >= 0.6 is 0 Å². The van der Waals surface area contributed by atoms with Crippen LogP contribution in [0.1, 0.15) is 39.0 Å². The summed E-state index contributed by atoms with van der Waals surface area (Å²) in [4.78, 5) is 20.9. The van der Waals surface area contributed by atoms with Crippen molar-refractivity contribution in [2.24, 2.45) is 5.92 Å². The Hall–Kier alpha value is -1.82. The van der Waals surface area contributed by atoms with Crippen LogP contribution in [0.4, 0.5) is 4.79 Å². The number of pyridine rings is 1. The summed E-state index contributed by atoms with van der Waals surface area (Å²) in [5.41, 5.74) is 0. The Kier molecular flexibility index (Phi) is 7.12. The molecule has 2 saturated heterocycles. The fraction of sp³-hybridized carbons (Fsp3) is 0.700. The lowest BCUT2D eigenvalue weighted by molar-refractivity contribution is 0.109. The monoisotopic (exact) mass is 360 g/mol. The van der Waals surface area contributed by atoms with Crippen LogP contribution in [0.15, 0.2) is 24.5 Å². The SMILES string of the molecule is CCCN1CCC(CNC(=O)N2CCC(Oc3ccncc3)CC2)CC1. The van der Waals surface area contributed by atoms with Gasteiger partial charge in [0.15, 0.2) is 0 Å². The van der Waals surface area contributed by atoms with Gasteiger partial charge in [0.2, 0.25) is 0 Å². The first kappa shape index (κ1) is 19.0. The van der Waals surface area contributed by atoms with E-state index < -0.39 is 0 Å². The number of carbonyl (C=O) groups is 1. The summed E-state index contributed by atoms with van der Waals surface area (Å²) in [5, 5.41) is 3.15. The zero-order valence-corrected chi connectivity index (χ0v) is 15.9. The van der Waals surface area contributed by atoms with Gasteiger partial charge in [0.25, 0.3) is 0 Å². The van der Waals surface area contributed by atoms with Crippen molar-refractivity contribution >= 4 is 6.03 Å². The summed E-state index contributed by atoms with van der Waals surface area (Å²) < 4.78 is 5.97. The second kappa shape index (κ2) is 9.76. The molecular formula is C20H32N4O2. The molecule has 0 aliphatic carbocycles. The smallest absolute Gasteiger partial charge is 0.317 e. The molecule has 2 aliphatic rings. The molecule has 3 rings (SSSR count). The van der Waals surface area contributed by atoms with Gasteiger partial charge < -0.3 is 19.9 Å². The molecule has 144 valence electrons. The highest BCUT2D eigenvalue weighted by Gasteiger charge is 2.25. The van der Waals surface area contributed by atoms with Crippen LogP contribution in [0, 0.1) is 5.92 Å². The van der Waals surface area contributed by atoms with Crippen molar-refractivity contribution in [3.63, 3.8) is 0 Å². The lowest BCUT2D eigenvalue weighted by atomic mass is 9.97. The van der Waals surface area contributed by atoms with Gasteiger partial charge in [-0.05, 0) is 56.9 Å². The fourth-order valence-electron chi connectivity index (χ4n) is 3.86. The van der Waals surface area contributed by atoms with E-state index in [2.05, 4.69) is 22.1 Å². The van der Waals surface area contributed by atoms with E-state index in [1.165, 1.54) is 38.9 Å².